The maximum atomic E-state index is 13.9. The predicted octanol–water partition coefficient (Wildman–Crippen LogP) is 6.15. The summed E-state index contributed by atoms with van der Waals surface area (Å²) < 4.78 is 70.3. The van der Waals surface area contributed by atoms with Crippen molar-refractivity contribution in [1.29, 1.82) is 0 Å². The van der Waals surface area contributed by atoms with E-state index in [4.69, 9.17) is 0 Å². The molecule has 206 valence electrons. The molecule has 4 aromatic rings. The molecule has 0 amide bonds. The van der Waals surface area contributed by atoms with Crippen LogP contribution in [0.1, 0.15) is 73.8 Å². The highest BCUT2D eigenvalue weighted by Gasteiger charge is 2.46. The second-order valence-corrected chi connectivity index (χ2v) is 10.8. The van der Waals surface area contributed by atoms with Gasteiger partial charge in [-0.05, 0) is 43.4 Å². The van der Waals surface area contributed by atoms with Gasteiger partial charge in [-0.3, -0.25) is 5.10 Å². The Morgan fingerprint density at radius 3 is 2.54 bits per heavy atom. The minimum Gasteiger partial charge on any atom is -0.320 e. The lowest BCUT2D eigenvalue weighted by atomic mass is 9.72. The number of nitrogens with zero attached hydrogens (tertiary/aromatic N) is 5. The second-order valence-electron chi connectivity index (χ2n) is 10.8. The van der Waals surface area contributed by atoms with Crippen LogP contribution in [0.3, 0.4) is 0 Å². The highest BCUT2D eigenvalue weighted by molar-refractivity contribution is 5.94. The van der Waals surface area contributed by atoms with E-state index in [-0.39, 0.29) is 29.8 Å². The summed E-state index contributed by atoms with van der Waals surface area (Å²) in [6.07, 6.45) is -0.461. The van der Waals surface area contributed by atoms with E-state index in [1.165, 1.54) is 0 Å². The fourth-order valence-corrected chi connectivity index (χ4v) is 5.79. The summed E-state index contributed by atoms with van der Waals surface area (Å²) >= 11 is 0. The quantitative estimate of drug-likeness (QED) is 0.272. The number of benzene rings is 1. The van der Waals surface area contributed by atoms with Crippen molar-refractivity contribution in [2.75, 3.05) is 0 Å². The van der Waals surface area contributed by atoms with Crippen molar-refractivity contribution in [1.82, 2.24) is 35.3 Å². The Labute approximate surface area is 221 Å². The number of aromatic nitrogens is 6. The number of rotatable bonds is 7. The summed E-state index contributed by atoms with van der Waals surface area (Å²) in [5, 5.41) is 19.0. The van der Waals surface area contributed by atoms with Gasteiger partial charge in [0.05, 0.1) is 11.2 Å². The minimum atomic E-state index is -4.69. The molecule has 39 heavy (non-hydrogen) atoms. The molecule has 2 aliphatic carbocycles. The monoisotopic (exact) mass is 545 g/mol. The molecule has 2 fully saturated rings. The summed E-state index contributed by atoms with van der Waals surface area (Å²) in [4.78, 5) is 3.89. The van der Waals surface area contributed by atoms with Crippen molar-refractivity contribution in [2.24, 2.45) is 13.0 Å². The van der Waals surface area contributed by atoms with Crippen LogP contribution in [-0.4, -0.2) is 41.9 Å². The van der Waals surface area contributed by atoms with Crippen LogP contribution in [0.25, 0.3) is 22.2 Å². The van der Waals surface area contributed by atoms with Crippen molar-refractivity contribution < 1.29 is 22.0 Å². The van der Waals surface area contributed by atoms with E-state index in [2.05, 4.69) is 30.7 Å². The molecule has 3 aromatic heterocycles. The zero-order valence-electron chi connectivity index (χ0n) is 21.4. The Morgan fingerprint density at radius 2 is 1.92 bits per heavy atom. The lowest BCUT2D eigenvalue weighted by Crippen LogP contribution is -2.49. The van der Waals surface area contributed by atoms with E-state index in [1.54, 1.807) is 13.3 Å². The molecule has 1 aromatic carbocycles. The van der Waals surface area contributed by atoms with Crippen LogP contribution in [0.15, 0.2) is 36.7 Å². The number of alkyl halides is 5. The normalized spacial score (nSPS) is 19.6. The zero-order valence-corrected chi connectivity index (χ0v) is 21.4. The predicted molar refractivity (Wildman–Crippen MR) is 134 cm³/mol. The fourth-order valence-electron chi connectivity index (χ4n) is 5.79. The second kappa shape index (κ2) is 9.35. The molecule has 2 atom stereocenters. The first-order chi connectivity index (χ1) is 18.5. The standard InChI is InChI=1S/C27H28F5N7/c1-14(34-18-11-26(28,29)12-18)22-24-19(10-20(35-22)27(30,31)32)23(36-37-24)17-8-4-7-16(9-17)21(15-5-3-6-15)25-38-33-13-39(25)2/h4,7-10,13-15,18,21,34H,3,5-6,11-12H2,1-2H3,(H,36,37)/t14-,21+/m0/s1. The van der Waals surface area contributed by atoms with E-state index in [0.717, 1.165) is 36.7 Å². The molecule has 3 heterocycles. The molecule has 0 bridgehead atoms. The third-order valence-corrected chi connectivity index (χ3v) is 8.02. The number of aryl methyl sites for hydroxylation is 1. The van der Waals surface area contributed by atoms with E-state index in [1.807, 2.05) is 35.9 Å². The topological polar surface area (TPSA) is 84.3 Å². The molecule has 0 saturated heterocycles. The van der Waals surface area contributed by atoms with Crippen LogP contribution >= 0.6 is 0 Å². The molecular formula is C27H28F5N7. The summed E-state index contributed by atoms with van der Waals surface area (Å²) in [5.74, 6) is -1.50. The van der Waals surface area contributed by atoms with Gasteiger partial charge in [-0.15, -0.1) is 10.2 Å². The number of H-pyrrole nitrogens is 1. The van der Waals surface area contributed by atoms with Crippen LogP contribution in [-0.2, 0) is 13.2 Å². The minimum absolute atomic E-state index is 0.00389. The zero-order chi connectivity index (χ0) is 27.5. The number of nitrogens with one attached hydrogen (secondary N) is 2. The molecule has 12 heteroatoms. The third-order valence-electron chi connectivity index (χ3n) is 8.02. The lowest BCUT2D eigenvalue weighted by Gasteiger charge is -2.37. The van der Waals surface area contributed by atoms with Crippen molar-refractivity contribution in [3.8, 4) is 11.3 Å². The van der Waals surface area contributed by atoms with E-state index in [9.17, 15) is 22.0 Å². The molecule has 2 N–H and O–H groups in total. The first kappa shape index (κ1) is 25.8. The summed E-state index contributed by atoms with van der Waals surface area (Å²) in [7, 11) is 1.90. The molecule has 0 radical (unpaired) electrons. The van der Waals surface area contributed by atoms with Crippen LogP contribution in [0.4, 0.5) is 22.0 Å². The Bertz CT molecular complexity index is 1500. The number of hydrogen-bond donors (Lipinski definition) is 2. The first-order valence-corrected chi connectivity index (χ1v) is 13.0. The Morgan fingerprint density at radius 1 is 1.15 bits per heavy atom. The number of fused-ring (bicyclic) bond motifs is 1. The van der Waals surface area contributed by atoms with Crippen molar-refractivity contribution in [2.45, 2.75) is 69.1 Å². The Kier molecular flexibility index (Phi) is 6.20. The largest absolute Gasteiger partial charge is 0.433 e. The highest BCUT2D eigenvalue weighted by atomic mass is 19.4. The Hall–Kier alpha value is -3.41. The van der Waals surface area contributed by atoms with Gasteiger partial charge >= 0.3 is 6.18 Å². The van der Waals surface area contributed by atoms with Gasteiger partial charge in [0.1, 0.15) is 23.5 Å². The average molecular weight is 546 g/mol. The summed E-state index contributed by atoms with van der Waals surface area (Å²) in [6, 6.07) is 7.46. The smallest absolute Gasteiger partial charge is 0.320 e. The first-order valence-electron chi connectivity index (χ1n) is 13.0. The molecule has 2 aliphatic rings. The van der Waals surface area contributed by atoms with Gasteiger partial charge in [-0.1, -0.05) is 24.6 Å². The SMILES string of the molecule is C[C@H](NC1CC(F)(F)C1)c1nc(C(F)(F)F)cc2c(-c3cccc([C@H](c4nncn4C)C4CCC4)c3)n[nH]c12. The lowest BCUT2D eigenvalue weighted by molar-refractivity contribution is -0.141. The van der Waals surface area contributed by atoms with Crippen molar-refractivity contribution >= 4 is 10.9 Å². The summed E-state index contributed by atoms with van der Waals surface area (Å²) in [5.41, 5.74) is 1.41. The number of aromatic amines is 1. The number of pyridine rings is 1. The molecule has 0 spiro atoms. The van der Waals surface area contributed by atoms with Gasteiger partial charge in [0.15, 0.2) is 0 Å². The van der Waals surface area contributed by atoms with Crippen LogP contribution in [0, 0.1) is 5.92 Å². The number of hydrogen-bond acceptors (Lipinski definition) is 5. The maximum absolute atomic E-state index is 13.9. The van der Waals surface area contributed by atoms with Gasteiger partial charge in [-0.25, -0.2) is 13.8 Å². The molecular weight excluding hydrogens is 517 g/mol. The van der Waals surface area contributed by atoms with E-state index >= 15 is 0 Å². The van der Waals surface area contributed by atoms with Gasteiger partial charge < -0.3 is 9.88 Å². The van der Waals surface area contributed by atoms with E-state index in [0.29, 0.717) is 22.7 Å². The van der Waals surface area contributed by atoms with Gasteiger partial charge in [0, 0.05) is 48.8 Å². The van der Waals surface area contributed by atoms with Gasteiger partial charge in [0.25, 0.3) is 5.92 Å². The molecule has 6 rings (SSSR count). The van der Waals surface area contributed by atoms with Crippen molar-refractivity contribution in [3.05, 3.63) is 59.4 Å². The average Bonchev–Trinajstić information content (AvgIpc) is 3.45. The molecule has 7 nitrogen and oxygen atoms in total. The van der Waals surface area contributed by atoms with Crippen LogP contribution < -0.4 is 5.32 Å². The van der Waals surface area contributed by atoms with E-state index < -0.39 is 29.9 Å². The summed E-state index contributed by atoms with van der Waals surface area (Å²) in [6.45, 7) is 1.63. The Balaban J connectivity index is 1.41. The number of halogens is 5. The highest BCUT2D eigenvalue weighted by Crippen LogP contribution is 2.44. The molecule has 0 aliphatic heterocycles. The van der Waals surface area contributed by atoms with Crippen molar-refractivity contribution in [3.63, 3.8) is 0 Å². The van der Waals surface area contributed by atoms with Gasteiger partial charge in [-0.2, -0.15) is 18.3 Å². The van der Waals surface area contributed by atoms with Crippen LogP contribution in [0.2, 0.25) is 0 Å². The van der Waals surface area contributed by atoms with Gasteiger partial charge in [0.2, 0.25) is 0 Å². The fraction of sp³-hybridized carbons (Fsp3) is 0.481. The van der Waals surface area contributed by atoms with Crippen LogP contribution in [0.5, 0.6) is 0 Å². The maximum Gasteiger partial charge on any atom is 0.433 e. The molecule has 0 unspecified atom stereocenters. The molecule has 2 saturated carbocycles. The third kappa shape index (κ3) is 4.79.